The molecule has 86 valence electrons. The Kier molecular flexibility index (Phi) is 5.48. The second-order valence-electron chi connectivity index (χ2n) is 4.34. The van der Waals surface area contributed by atoms with Gasteiger partial charge in [-0.1, -0.05) is 26.7 Å². The van der Waals surface area contributed by atoms with Crippen LogP contribution in [0.5, 0.6) is 0 Å². The quantitative estimate of drug-likeness (QED) is 0.728. The number of aromatic nitrogens is 1. The predicted molar refractivity (Wildman–Crippen MR) is 65.9 cm³/mol. The van der Waals surface area contributed by atoms with Crippen molar-refractivity contribution in [3.05, 3.63) is 24.0 Å². The van der Waals surface area contributed by atoms with Gasteiger partial charge in [0.1, 0.15) is 0 Å². The Bertz CT molecular complexity index is 259. The first-order valence-electron chi connectivity index (χ1n) is 6.10. The number of nitrogens with zero attached hydrogens (tertiary/aromatic N) is 1. The van der Waals surface area contributed by atoms with E-state index in [0.717, 1.165) is 6.54 Å². The summed E-state index contributed by atoms with van der Waals surface area (Å²) in [4.78, 5) is 0. The van der Waals surface area contributed by atoms with Crippen molar-refractivity contribution in [3.8, 4) is 0 Å². The highest BCUT2D eigenvalue weighted by Gasteiger charge is 2.05. The third-order valence-electron chi connectivity index (χ3n) is 2.76. The molecule has 0 radical (unpaired) electrons. The van der Waals surface area contributed by atoms with E-state index in [2.05, 4.69) is 49.2 Å². The Hall–Kier alpha value is -0.760. The van der Waals surface area contributed by atoms with Crippen LogP contribution in [0.1, 0.15) is 45.1 Å². The van der Waals surface area contributed by atoms with Gasteiger partial charge in [0.15, 0.2) is 0 Å². The monoisotopic (exact) mass is 208 g/mol. The van der Waals surface area contributed by atoms with E-state index in [1.807, 2.05) is 0 Å². The number of aryl methyl sites for hydroxylation is 1. The number of hydrogen-bond donors (Lipinski definition) is 1. The molecule has 0 spiro atoms. The molecule has 1 aromatic rings. The van der Waals surface area contributed by atoms with Crippen LogP contribution in [0.2, 0.25) is 0 Å². The number of nitrogens with one attached hydrogen (secondary N) is 1. The summed E-state index contributed by atoms with van der Waals surface area (Å²) in [7, 11) is 2.07. The molecule has 0 atom stereocenters. The van der Waals surface area contributed by atoms with Gasteiger partial charge in [0.25, 0.3) is 0 Å². The number of hydrogen-bond acceptors (Lipinski definition) is 1. The molecule has 1 N–H and O–H groups in total. The molecule has 15 heavy (non-hydrogen) atoms. The van der Waals surface area contributed by atoms with E-state index >= 15 is 0 Å². The summed E-state index contributed by atoms with van der Waals surface area (Å²) in [6, 6.07) is 2.88. The van der Waals surface area contributed by atoms with Crippen molar-refractivity contribution in [2.24, 2.45) is 7.05 Å². The van der Waals surface area contributed by atoms with Gasteiger partial charge in [-0.2, -0.15) is 0 Å². The van der Waals surface area contributed by atoms with Crippen molar-refractivity contribution in [2.75, 3.05) is 0 Å². The normalized spacial score (nSPS) is 11.2. The SMILES string of the molecule is CCCC(CCC)NCc1ccn(C)c1. The van der Waals surface area contributed by atoms with E-state index in [0.29, 0.717) is 6.04 Å². The van der Waals surface area contributed by atoms with Gasteiger partial charge in [-0.05, 0) is 24.5 Å². The molecule has 1 heterocycles. The van der Waals surface area contributed by atoms with Crippen LogP contribution in [-0.2, 0) is 13.6 Å². The molecule has 0 fully saturated rings. The lowest BCUT2D eigenvalue weighted by Crippen LogP contribution is -2.28. The fraction of sp³-hybridized carbons (Fsp3) is 0.692. The van der Waals surface area contributed by atoms with Crippen LogP contribution in [-0.4, -0.2) is 10.6 Å². The van der Waals surface area contributed by atoms with Crippen LogP contribution in [0.25, 0.3) is 0 Å². The Morgan fingerprint density at radius 3 is 2.40 bits per heavy atom. The minimum atomic E-state index is 0.695. The summed E-state index contributed by atoms with van der Waals surface area (Å²) in [5.41, 5.74) is 1.38. The van der Waals surface area contributed by atoms with Crippen molar-refractivity contribution in [2.45, 2.75) is 52.1 Å². The Labute approximate surface area is 93.7 Å². The lowest BCUT2D eigenvalue weighted by molar-refractivity contribution is 0.443. The smallest absolute Gasteiger partial charge is 0.0223 e. The van der Waals surface area contributed by atoms with Gasteiger partial charge < -0.3 is 9.88 Å². The average molecular weight is 208 g/mol. The van der Waals surface area contributed by atoms with Gasteiger partial charge in [0, 0.05) is 32.0 Å². The van der Waals surface area contributed by atoms with Crippen LogP contribution < -0.4 is 5.32 Å². The fourth-order valence-corrected chi connectivity index (χ4v) is 1.97. The second kappa shape index (κ2) is 6.67. The number of rotatable bonds is 7. The highest BCUT2D eigenvalue weighted by Crippen LogP contribution is 2.06. The summed E-state index contributed by atoms with van der Waals surface area (Å²) < 4.78 is 2.10. The third-order valence-corrected chi connectivity index (χ3v) is 2.76. The van der Waals surface area contributed by atoms with Crippen molar-refractivity contribution >= 4 is 0 Å². The zero-order valence-corrected chi connectivity index (χ0v) is 10.3. The maximum Gasteiger partial charge on any atom is 0.0223 e. The van der Waals surface area contributed by atoms with Crippen molar-refractivity contribution in [1.29, 1.82) is 0 Å². The summed E-state index contributed by atoms with van der Waals surface area (Å²) in [5.74, 6) is 0. The Morgan fingerprint density at radius 2 is 1.93 bits per heavy atom. The van der Waals surface area contributed by atoms with E-state index in [9.17, 15) is 0 Å². The summed E-state index contributed by atoms with van der Waals surface area (Å²) >= 11 is 0. The zero-order valence-electron chi connectivity index (χ0n) is 10.3. The van der Waals surface area contributed by atoms with E-state index < -0.39 is 0 Å². The van der Waals surface area contributed by atoms with Gasteiger partial charge in [-0.15, -0.1) is 0 Å². The lowest BCUT2D eigenvalue weighted by atomic mass is 10.1. The third kappa shape index (κ3) is 4.52. The predicted octanol–water partition coefficient (Wildman–Crippen LogP) is 3.08. The van der Waals surface area contributed by atoms with Crippen LogP contribution in [0.4, 0.5) is 0 Å². The molecule has 1 rings (SSSR count). The van der Waals surface area contributed by atoms with Crippen molar-refractivity contribution in [3.63, 3.8) is 0 Å². The molecule has 0 aliphatic rings. The molecule has 1 aromatic heterocycles. The average Bonchev–Trinajstić information content (AvgIpc) is 2.61. The van der Waals surface area contributed by atoms with E-state index in [1.165, 1.54) is 31.2 Å². The highest BCUT2D eigenvalue weighted by molar-refractivity contribution is 5.09. The molecule has 0 aliphatic heterocycles. The first kappa shape index (κ1) is 12.3. The molecule has 2 nitrogen and oxygen atoms in total. The highest BCUT2D eigenvalue weighted by atomic mass is 14.9. The van der Waals surface area contributed by atoms with Crippen molar-refractivity contribution in [1.82, 2.24) is 9.88 Å². The standard InChI is InChI=1S/C13H24N2/c1-4-6-13(7-5-2)14-10-12-8-9-15(3)11-12/h8-9,11,13-14H,4-7,10H2,1-3H3. The maximum atomic E-state index is 3.64. The van der Waals surface area contributed by atoms with Gasteiger partial charge >= 0.3 is 0 Å². The van der Waals surface area contributed by atoms with Crippen LogP contribution in [0.15, 0.2) is 18.5 Å². The van der Waals surface area contributed by atoms with Gasteiger partial charge in [0.05, 0.1) is 0 Å². The van der Waals surface area contributed by atoms with Crippen molar-refractivity contribution < 1.29 is 0 Å². The van der Waals surface area contributed by atoms with E-state index in [1.54, 1.807) is 0 Å². The molecular formula is C13H24N2. The lowest BCUT2D eigenvalue weighted by Gasteiger charge is -2.16. The maximum absolute atomic E-state index is 3.64. The van der Waals surface area contributed by atoms with E-state index in [4.69, 9.17) is 0 Å². The van der Waals surface area contributed by atoms with Crippen LogP contribution in [0.3, 0.4) is 0 Å². The van der Waals surface area contributed by atoms with Gasteiger partial charge in [-0.3, -0.25) is 0 Å². The Balaban J connectivity index is 2.32. The zero-order chi connectivity index (χ0) is 11.1. The molecular weight excluding hydrogens is 184 g/mol. The van der Waals surface area contributed by atoms with Crippen LogP contribution in [0, 0.1) is 0 Å². The topological polar surface area (TPSA) is 17.0 Å². The largest absolute Gasteiger partial charge is 0.357 e. The van der Waals surface area contributed by atoms with E-state index in [-0.39, 0.29) is 0 Å². The minimum Gasteiger partial charge on any atom is -0.357 e. The molecule has 0 amide bonds. The second-order valence-corrected chi connectivity index (χ2v) is 4.34. The first-order valence-corrected chi connectivity index (χ1v) is 6.10. The first-order chi connectivity index (χ1) is 7.26. The Morgan fingerprint density at radius 1 is 1.27 bits per heavy atom. The fourth-order valence-electron chi connectivity index (χ4n) is 1.97. The molecule has 0 saturated carbocycles. The summed E-state index contributed by atoms with van der Waals surface area (Å²) in [6.45, 7) is 5.52. The van der Waals surface area contributed by atoms with Gasteiger partial charge in [-0.25, -0.2) is 0 Å². The molecule has 0 aromatic carbocycles. The van der Waals surface area contributed by atoms with Crippen LogP contribution >= 0.6 is 0 Å². The molecule has 0 unspecified atom stereocenters. The summed E-state index contributed by atoms with van der Waals surface area (Å²) in [6.07, 6.45) is 9.41. The van der Waals surface area contributed by atoms with Gasteiger partial charge in [0.2, 0.25) is 0 Å². The molecule has 0 aliphatic carbocycles. The molecule has 0 bridgehead atoms. The molecule has 0 saturated heterocycles. The summed E-state index contributed by atoms with van der Waals surface area (Å²) in [5, 5.41) is 3.64. The molecule has 2 heteroatoms. The minimum absolute atomic E-state index is 0.695.